The van der Waals surface area contributed by atoms with Crippen LogP contribution in [-0.4, -0.2) is 6.54 Å². The van der Waals surface area contributed by atoms with Gasteiger partial charge in [-0.1, -0.05) is 18.9 Å². The van der Waals surface area contributed by atoms with E-state index in [1.165, 1.54) is 24.8 Å². The lowest BCUT2D eigenvalue weighted by Crippen LogP contribution is -2.15. The fraction of sp³-hybridized carbons (Fsp3) is 0.500. The minimum absolute atomic E-state index is 0.803. The molecule has 0 aromatic heterocycles. The van der Waals surface area contributed by atoms with Crippen LogP contribution < -0.4 is 11.1 Å². The third-order valence-corrected chi connectivity index (χ3v) is 3.51. The molecule has 1 aliphatic rings. The molecule has 15 heavy (non-hydrogen) atoms. The molecule has 0 atom stereocenters. The molecule has 0 spiro atoms. The van der Waals surface area contributed by atoms with Crippen LogP contribution in [0.5, 0.6) is 0 Å². The van der Waals surface area contributed by atoms with Crippen molar-refractivity contribution < 1.29 is 0 Å². The van der Waals surface area contributed by atoms with Gasteiger partial charge in [0.05, 0.1) is 0 Å². The first-order chi connectivity index (χ1) is 7.25. The van der Waals surface area contributed by atoms with Crippen LogP contribution >= 0.6 is 15.9 Å². The third kappa shape index (κ3) is 3.50. The van der Waals surface area contributed by atoms with Gasteiger partial charge >= 0.3 is 0 Å². The number of benzene rings is 1. The van der Waals surface area contributed by atoms with Crippen molar-refractivity contribution in [1.82, 2.24) is 5.32 Å². The minimum Gasteiger partial charge on any atom is -0.398 e. The van der Waals surface area contributed by atoms with Crippen molar-refractivity contribution in [2.24, 2.45) is 5.92 Å². The molecule has 2 rings (SSSR count). The highest BCUT2D eigenvalue weighted by Gasteiger charge is 2.19. The summed E-state index contributed by atoms with van der Waals surface area (Å²) < 4.78 is 0.990. The van der Waals surface area contributed by atoms with Crippen molar-refractivity contribution in [3.05, 3.63) is 28.2 Å². The first-order valence-electron chi connectivity index (χ1n) is 5.50. The number of hydrogen-bond donors (Lipinski definition) is 2. The van der Waals surface area contributed by atoms with Crippen LogP contribution in [0.3, 0.4) is 0 Å². The molecule has 1 saturated carbocycles. The van der Waals surface area contributed by atoms with E-state index in [2.05, 4.69) is 33.4 Å². The van der Waals surface area contributed by atoms with Gasteiger partial charge in [0, 0.05) is 16.7 Å². The number of nitrogens with one attached hydrogen (secondary N) is 1. The summed E-state index contributed by atoms with van der Waals surface area (Å²) in [5.74, 6) is 1.01. The van der Waals surface area contributed by atoms with Gasteiger partial charge in [-0.3, -0.25) is 0 Å². The van der Waals surface area contributed by atoms with Crippen LogP contribution in [0.4, 0.5) is 5.69 Å². The van der Waals surface area contributed by atoms with Crippen LogP contribution in [-0.2, 0) is 6.54 Å². The second-order valence-corrected chi connectivity index (χ2v) is 5.12. The Bertz CT molecular complexity index is 334. The fourth-order valence-corrected chi connectivity index (χ4v) is 2.05. The molecule has 0 heterocycles. The molecule has 3 N–H and O–H groups in total. The molecule has 82 valence electrons. The Morgan fingerprint density at radius 3 is 2.87 bits per heavy atom. The maximum atomic E-state index is 5.72. The highest BCUT2D eigenvalue weighted by Crippen LogP contribution is 2.31. The van der Waals surface area contributed by atoms with Crippen molar-refractivity contribution in [3.63, 3.8) is 0 Å². The van der Waals surface area contributed by atoms with Gasteiger partial charge in [0.25, 0.3) is 0 Å². The molecule has 0 unspecified atom stereocenters. The molecule has 0 saturated heterocycles. The summed E-state index contributed by atoms with van der Waals surface area (Å²) >= 11 is 3.44. The van der Waals surface area contributed by atoms with E-state index >= 15 is 0 Å². The van der Waals surface area contributed by atoms with E-state index in [4.69, 9.17) is 5.73 Å². The zero-order valence-electron chi connectivity index (χ0n) is 8.80. The highest BCUT2D eigenvalue weighted by molar-refractivity contribution is 9.10. The van der Waals surface area contributed by atoms with Crippen LogP contribution in [0.15, 0.2) is 22.7 Å². The summed E-state index contributed by atoms with van der Waals surface area (Å²) in [7, 11) is 0. The van der Waals surface area contributed by atoms with Crippen molar-refractivity contribution in [1.29, 1.82) is 0 Å². The molecular weight excluding hydrogens is 252 g/mol. The summed E-state index contributed by atoms with van der Waals surface area (Å²) in [6, 6.07) is 6.10. The van der Waals surface area contributed by atoms with Gasteiger partial charge in [0.15, 0.2) is 0 Å². The number of nitrogen functional groups attached to an aromatic ring is 1. The molecule has 0 aliphatic heterocycles. The quantitative estimate of drug-likeness (QED) is 0.637. The van der Waals surface area contributed by atoms with Gasteiger partial charge in [0.1, 0.15) is 0 Å². The fourth-order valence-electron chi connectivity index (χ4n) is 1.63. The van der Waals surface area contributed by atoms with E-state index in [1.807, 2.05) is 6.07 Å². The van der Waals surface area contributed by atoms with Crippen molar-refractivity contribution in [3.8, 4) is 0 Å². The highest BCUT2D eigenvalue weighted by atomic mass is 79.9. The Morgan fingerprint density at radius 2 is 2.20 bits per heavy atom. The average molecular weight is 269 g/mol. The van der Waals surface area contributed by atoms with Crippen LogP contribution in [0.1, 0.15) is 24.8 Å². The lowest BCUT2D eigenvalue weighted by atomic mass is 10.2. The maximum Gasteiger partial charge on any atom is 0.0458 e. The Kier molecular flexibility index (Phi) is 3.65. The molecule has 1 fully saturated rings. The van der Waals surface area contributed by atoms with Gasteiger partial charge in [-0.2, -0.15) is 0 Å². The zero-order chi connectivity index (χ0) is 10.7. The zero-order valence-corrected chi connectivity index (χ0v) is 10.4. The Hall–Kier alpha value is -0.540. The summed E-state index contributed by atoms with van der Waals surface area (Å²) in [4.78, 5) is 0. The predicted molar refractivity (Wildman–Crippen MR) is 67.6 cm³/mol. The van der Waals surface area contributed by atoms with Gasteiger partial charge in [-0.05, 0) is 52.5 Å². The lowest BCUT2D eigenvalue weighted by Gasteiger charge is -2.06. The summed E-state index contributed by atoms with van der Waals surface area (Å²) in [6.07, 6.45) is 4.21. The van der Waals surface area contributed by atoms with Crippen LogP contribution in [0, 0.1) is 5.92 Å². The minimum atomic E-state index is 0.803. The molecule has 1 aromatic rings. The Balaban J connectivity index is 1.74. The number of nitrogens with two attached hydrogens (primary N) is 1. The monoisotopic (exact) mass is 268 g/mol. The standard InChI is InChI=1S/C12H17BrN2/c13-11-7-10(3-4-12(11)14)8-15-6-5-9-1-2-9/h3-4,7,9,15H,1-2,5-6,8,14H2. The third-order valence-electron chi connectivity index (χ3n) is 2.82. The number of hydrogen-bond acceptors (Lipinski definition) is 2. The predicted octanol–water partition coefficient (Wildman–Crippen LogP) is 2.92. The number of rotatable bonds is 5. The molecule has 1 aromatic carbocycles. The Labute approximate surface area is 99.4 Å². The first kappa shape index (κ1) is 11.0. The van der Waals surface area contributed by atoms with Crippen LogP contribution in [0.2, 0.25) is 0 Å². The Morgan fingerprint density at radius 1 is 1.40 bits per heavy atom. The molecular formula is C12H17BrN2. The smallest absolute Gasteiger partial charge is 0.0458 e. The van der Waals surface area contributed by atoms with Gasteiger partial charge in [0.2, 0.25) is 0 Å². The molecule has 0 bridgehead atoms. The van der Waals surface area contributed by atoms with Crippen molar-refractivity contribution >= 4 is 21.6 Å². The van der Waals surface area contributed by atoms with E-state index in [-0.39, 0.29) is 0 Å². The summed E-state index contributed by atoms with van der Waals surface area (Å²) in [5.41, 5.74) is 7.81. The van der Waals surface area contributed by atoms with Crippen molar-refractivity contribution in [2.45, 2.75) is 25.8 Å². The second-order valence-electron chi connectivity index (χ2n) is 4.26. The molecule has 0 radical (unpaired) electrons. The number of anilines is 1. The summed E-state index contributed by atoms with van der Waals surface area (Å²) in [6.45, 7) is 2.07. The van der Waals surface area contributed by atoms with E-state index < -0.39 is 0 Å². The largest absolute Gasteiger partial charge is 0.398 e. The van der Waals surface area contributed by atoms with Gasteiger partial charge in [-0.15, -0.1) is 0 Å². The van der Waals surface area contributed by atoms with Gasteiger partial charge < -0.3 is 11.1 Å². The first-order valence-corrected chi connectivity index (χ1v) is 6.29. The van der Waals surface area contributed by atoms with E-state index in [0.29, 0.717) is 0 Å². The van der Waals surface area contributed by atoms with E-state index in [9.17, 15) is 0 Å². The SMILES string of the molecule is Nc1ccc(CNCCC2CC2)cc1Br. The van der Waals surface area contributed by atoms with E-state index in [1.54, 1.807) is 0 Å². The van der Waals surface area contributed by atoms with E-state index in [0.717, 1.165) is 29.2 Å². The molecule has 0 amide bonds. The molecule has 3 heteroatoms. The van der Waals surface area contributed by atoms with Crippen LogP contribution in [0.25, 0.3) is 0 Å². The summed E-state index contributed by atoms with van der Waals surface area (Å²) in [5, 5.41) is 3.46. The number of halogens is 1. The molecule has 2 nitrogen and oxygen atoms in total. The topological polar surface area (TPSA) is 38.0 Å². The maximum absolute atomic E-state index is 5.72. The normalized spacial score (nSPS) is 15.5. The second kappa shape index (κ2) is 4.99. The average Bonchev–Trinajstić information content (AvgIpc) is 3.02. The van der Waals surface area contributed by atoms with Crippen molar-refractivity contribution in [2.75, 3.05) is 12.3 Å². The van der Waals surface area contributed by atoms with Gasteiger partial charge in [-0.25, -0.2) is 0 Å². The molecule has 1 aliphatic carbocycles. The lowest BCUT2D eigenvalue weighted by molar-refractivity contribution is 0.613.